The summed E-state index contributed by atoms with van der Waals surface area (Å²) in [5.41, 5.74) is 5.88. The molecule has 264 valence electrons. The SMILES string of the molecule is Cc1cc(/C=C/C(OC(=O)N2CCC3(CC2)NC(=O)Nc2ccccc23)C(=O)N2CCC(C3CCN(C)CC3)CC2)cc(C(F)(F)F)c1N. The molecule has 1 spiro atoms. The Hall–Kier alpha value is -4.26. The molecular weight excluding hydrogens is 637 g/mol. The molecule has 2 aromatic rings. The van der Waals surface area contributed by atoms with Gasteiger partial charge in [0.15, 0.2) is 0 Å². The number of anilines is 2. The van der Waals surface area contributed by atoms with Crippen LogP contribution in [0.5, 0.6) is 0 Å². The highest BCUT2D eigenvalue weighted by atomic mass is 19.4. The number of fused-ring (bicyclic) bond motifs is 2. The standard InChI is InChI=1S/C36H45F3N6O4/c1-23-21-24(22-28(31(23)40)36(37,38)39)7-8-30(32(46)44-17-11-26(12-18-44)25-9-15-43(2)16-10-25)49-34(48)45-19-13-35(14-20-45)27-5-3-4-6-29(27)41-33(47)42-35/h3-8,21-22,25-26,30H,9-20,40H2,1-2H3,(H2,41,42,47)/b8-7+. The number of para-hydroxylation sites is 1. The van der Waals surface area contributed by atoms with Crippen LogP contribution in [0.3, 0.4) is 0 Å². The lowest BCUT2D eigenvalue weighted by atomic mass is 9.79. The van der Waals surface area contributed by atoms with Crippen molar-refractivity contribution in [3.63, 3.8) is 0 Å². The van der Waals surface area contributed by atoms with Gasteiger partial charge >= 0.3 is 18.3 Å². The lowest BCUT2D eigenvalue weighted by Gasteiger charge is -2.45. The molecule has 0 aromatic heterocycles. The van der Waals surface area contributed by atoms with Crippen LogP contribution in [0.4, 0.5) is 34.1 Å². The van der Waals surface area contributed by atoms with Gasteiger partial charge in [0.2, 0.25) is 6.10 Å². The second-order valence-corrected chi connectivity index (χ2v) is 14.0. The third-order valence-electron chi connectivity index (χ3n) is 10.8. The topological polar surface area (TPSA) is 120 Å². The molecule has 4 amide bonds. The summed E-state index contributed by atoms with van der Waals surface area (Å²) in [5.74, 6) is 0.745. The number of carbonyl (C=O) groups is 3. The maximum absolute atomic E-state index is 13.9. The van der Waals surface area contributed by atoms with Crippen molar-refractivity contribution < 1.29 is 32.3 Å². The van der Waals surface area contributed by atoms with E-state index in [0.717, 1.165) is 56.1 Å². The first-order valence-electron chi connectivity index (χ1n) is 17.1. The Morgan fingerprint density at radius 1 is 0.980 bits per heavy atom. The first-order chi connectivity index (χ1) is 23.3. The first kappa shape index (κ1) is 34.6. The molecule has 13 heteroatoms. The van der Waals surface area contributed by atoms with Crippen molar-refractivity contribution in [3.05, 3.63) is 64.7 Å². The summed E-state index contributed by atoms with van der Waals surface area (Å²) in [5, 5.41) is 5.88. The fourth-order valence-electron chi connectivity index (χ4n) is 7.89. The number of urea groups is 1. The number of hydrogen-bond donors (Lipinski definition) is 3. The van der Waals surface area contributed by atoms with Crippen molar-refractivity contribution in [3.8, 4) is 0 Å². The molecule has 3 fully saturated rings. The van der Waals surface area contributed by atoms with Crippen LogP contribution in [0.1, 0.15) is 60.8 Å². The summed E-state index contributed by atoms with van der Waals surface area (Å²) in [6.07, 6.45) is 0.930. The predicted molar refractivity (Wildman–Crippen MR) is 181 cm³/mol. The van der Waals surface area contributed by atoms with Crippen LogP contribution in [-0.2, 0) is 21.2 Å². The molecule has 4 heterocycles. The van der Waals surface area contributed by atoms with E-state index in [1.165, 1.54) is 30.0 Å². The summed E-state index contributed by atoms with van der Waals surface area (Å²) in [7, 11) is 2.13. The second-order valence-electron chi connectivity index (χ2n) is 14.0. The normalized spacial score (nSPS) is 21.3. The molecule has 1 unspecified atom stereocenters. The molecule has 4 N–H and O–H groups in total. The molecule has 2 aromatic carbocycles. The van der Waals surface area contributed by atoms with Gasteiger partial charge in [0.1, 0.15) is 0 Å². The zero-order chi connectivity index (χ0) is 34.9. The fraction of sp³-hybridized carbons (Fsp3) is 0.528. The maximum Gasteiger partial charge on any atom is 0.418 e. The van der Waals surface area contributed by atoms with Crippen LogP contribution < -0.4 is 16.4 Å². The van der Waals surface area contributed by atoms with E-state index in [9.17, 15) is 27.6 Å². The van der Waals surface area contributed by atoms with Crippen molar-refractivity contribution >= 4 is 35.5 Å². The summed E-state index contributed by atoms with van der Waals surface area (Å²) >= 11 is 0. The molecule has 49 heavy (non-hydrogen) atoms. The van der Waals surface area contributed by atoms with Crippen molar-refractivity contribution in [1.29, 1.82) is 0 Å². The Kier molecular flexibility index (Phi) is 9.83. The van der Waals surface area contributed by atoms with Gasteiger partial charge in [-0.3, -0.25) is 4.79 Å². The number of likely N-dealkylation sites (tertiary alicyclic amines) is 3. The van der Waals surface area contributed by atoms with Crippen molar-refractivity contribution in [2.75, 3.05) is 57.4 Å². The van der Waals surface area contributed by atoms with E-state index >= 15 is 0 Å². The van der Waals surface area contributed by atoms with Crippen LogP contribution in [0.25, 0.3) is 6.08 Å². The lowest BCUT2D eigenvalue weighted by Crippen LogP contribution is -2.57. The smallest absolute Gasteiger partial charge is 0.418 e. The summed E-state index contributed by atoms with van der Waals surface area (Å²) in [6, 6.07) is 9.68. The number of nitrogen functional groups attached to an aromatic ring is 1. The monoisotopic (exact) mass is 682 g/mol. The van der Waals surface area contributed by atoms with Gasteiger partial charge in [0, 0.05) is 43.1 Å². The number of alkyl halides is 3. The first-order valence-corrected chi connectivity index (χ1v) is 17.1. The van der Waals surface area contributed by atoms with Gasteiger partial charge in [-0.05, 0) is 113 Å². The molecule has 0 aliphatic carbocycles. The quantitative estimate of drug-likeness (QED) is 0.342. The minimum absolute atomic E-state index is 0.189. The van der Waals surface area contributed by atoms with E-state index in [4.69, 9.17) is 10.5 Å². The van der Waals surface area contributed by atoms with Gasteiger partial charge in [0.25, 0.3) is 5.91 Å². The Labute approximate surface area is 284 Å². The number of nitrogens with zero attached hydrogens (tertiary/aromatic N) is 3. The minimum atomic E-state index is -4.65. The highest BCUT2D eigenvalue weighted by Gasteiger charge is 2.43. The van der Waals surface area contributed by atoms with Gasteiger partial charge in [-0.1, -0.05) is 24.3 Å². The molecular formula is C36H45F3N6O4. The highest BCUT2D eigenvalue weighted by Crippen LogP contribution is 2.40. The van der Waals surface area contributed by atoms with E-state index in [-0.39, 0.29) is 35.9 Å². The third-order valence-corrected chi connectivity index (χ3v) is 10.8. The number of halogens is 3. The van der Waals surface area contributed by atoms with Crippen LogP contribution in [0, 0.1) is 18.8 Å². The summed E-state index contributed by atoms with van der Waals surface area (Å²) in [6.45, 7) is 5.22. The van der Waals surface area contributed by atoms with Crippen LogP contribution in [-0.4, -0.2) is 85.2 Å². The zero-order valence-corrected chi connectivity index (χ0v) is 28.0. The van der Waals surface area contributed by atoms with Crippen molar-refractivity contribution in [2.24, 2.45) is 11.8 Å². The van der Waals surface area contributed by atoms with E-state index in [1.807, 2.05) is 24.3 Å². The number of aryl methyl sites for hydroxylation is 1. The number of nitrogens with two attached hydrogens (primary N) is 1. The maximum atomic E-state index is 13.9. The molecule has 0 saturated carbocycles. The van der Waals surface area contributed by atoms with Gasteiger partial charge in [-0.15, -0.1) is 0 Å². The number of piperidine rings is 3. The average molecular weight is 683 g/mol. The van der Waals surface area contributed by atoms with E-state index in [0.29, 0.717) is 37.8 Å². The predicted octanol–water partition coefficient (Wildman–Crippen LogP) is 5.82. The third kappa shape index (κ3) is 7.51. The fourth-order valence-corrected chi connectivity index (χ4v) is 7.89. The number of carbonyl (C=O) groups excluding carboxylic acids is 3. The summed E-state index contributed by atoms with van der Waals surface area (Å²) in [4.78, 5) is 45.5. The Morgan fingerprint density at radius 3 is 2.27 bits per heavy atom. The molecule has 1 atom stereocenters. The Morgan fingerprint density at radius 2 is 1.61 bits per heavy atom. The van der Waals surface area contributed by atoms with Gasteiger partial charge in [-0.2, -0.15) is 13.2 Å². The lowest BCUT2D eigenvalue weighted by molar-refractivity contribution is -0.140. The van der Waals surface area contributed by atoms with Gasteiger partial charge in [0.05, 0.1) is 11.1 Å². The molecule has 10 nitrogen and oxygen atoms in total. The molecule has 0 bridgehead atoms. The number of hydrogen-bond acceptors (Lipinski definition) is 6. The number of ether oxygens (including phenoxy) is 1. The van der Waals surface area contributed by atoms with E-state index < -0.39 is 35.4 Å². The highest BCUT2D eigenvalue weighted by molar-refractivity contribution is 5.94. The van der Waals surface area contributed by atoms with Crippen molar-refractivity contribution in [2.45, 2.75) is 63.3 Å². The molecule has 4 aliphatic rings. The number of rotatable bonds is 5. The van der Waals surface area contributed by atoms with Gasteiger partial charge < -0.3 is 35.8 Å². The molecule has 6 rings (SSSR count). The summed E-state index contributed by atoms with van der Waals surface area (Å²) < 4.78 is 47.0. The molecule has 3 saturated heterocycles. The average Bonchev–Trinajstić information content (AvgIpc) is 3.08. The van der Waals surface area contributed by atoms with Crippen molar-refractivity contribution in [1.82, 2.24) is 20.0 Å². The zero-order valence-electron chi connectivity index (χ0n) is 28.0. The molecule has 4 aliphatic heterocycles. The largest absolute Gasteiger partial charge is 0.432 e. The Bertz CT molecular complexity index is 1590. The number of nitrogens with one attached hydrogen (secondary N) is 2. The van der Waals surface area contributed by atoms with E-state index in [2.05, 4.69) is 22.6 Å². The van der Waals surface area contributed by atoms with Crippen LogP contribution in [0.15, 0.2) is 42.5 Å². The second kappa shape index (κ2) is 13.9. The van der Waals surface area contributed by atoms with E-state index in [1.54, 1.807) is 4.90 Å². The van der Waals surface area contributed by atoms with Crippen LogP contribution in [0.2, 0.25) is 0 Å². The van der Waals surface area contributed by atoms with Gasteiger partial charge in [-0.25, -0.2) is 9.59 Å². The van der Waals surface area contributed by atoms with Crippen LogP contribution >= 0.6 is 0 Å². The minimum Gasteiger partial charge on any atom is -0.432 e. The molecule has 0 radical (unpaired) electrons. The Balaban J connectivity index is 1.17. The number of benzene rings is 2. The number of amides is 4.